The van der Waals surface area contributed by atoms with Crippen LogP contribution in [0.2, 0.25) is 0 Å². The number of methoxy groups -OCH3 is 1. The summed E-state index contributed by atoms with van der Waals surface area (Å²) < 4.78 is 9.74. The Morgan fingerprint density at radius 2 is 1.67 bits per heavy atom. The predicted molar refractivity (Wildman–Crippen MR) is 165 cm³/mol. The molecule has 0 bridgehead atoms. The fourth-order valence-corrected chi connectivity index (χ4v) is 8.46. The van der Waals surface area contributed by atoms with E-state index < -0.39 is 59.8 Å². The smallest absolute Gasteiger partial charge is 0.408 e. The summed E-state index contributed by atoms with van der Waals surface area (Å²) in [6, 6.07) is -2.34. The first-order valence-corrected chi connectivity index (χ1v) is 16.6. The van der Waals surface area contributed by atoms with Gasteiger partial charge in [-0.1, -0.05) is 34.1 Å². The molecule has 0 aliphatic carbocycles. The molecule has 0 saturated carbocycles. The molecule has 3 unspecified atom stereocenters. The highest BCUT2D eigenvalue weighted by Gasteiger charge is 2.53. The number of rotatable bonds is 12. The van der Waals surface area contributed by atoms with Crippen molar-refractivity contribution >= 4 is 41.5 Å². The lowest BCUT2D eigenvalue weighted by Gasteiger charge is -2.41. The number of thioether (sulfide) groups is 2. The molecule has 6 N–H and O–H groups in total. The number of aliphatic hydroxyl groups excluding tert-OH is 3. The first kappa shape index (κ1) is 36.9. The monoisotopic (exact) mass is 636 g/mol. The largest absolute Gasteiger partial charge is 0.468 e. The maximum atomic E-state index is 13.9. The van der Waals surface area contributed by atoms with Crippen molar-refractivity contribution in [3.8, 4) is 0 Å². The second-order valence-corrected chi connectivity index (χ2v) is 16.3. The zero-order chi connectivity index (χ0) is 31.9. The molecule has 1 spiro atoms. The Bertz CT molecular complexity index is 907. The molecule has 12 nitrogen and oxygen atoms in total. The molecule has 14 heteroatoms. The van der Waals surface area contributed by atoms with Crippen LogP contribution in [0.5, 0.6) is 0 Å². The van der Waals surface area contributed by atoms with Crippen molar-refractivity contribution in [2.75, 3.05) is 31.7 Å². The maximum absolute atomic E-state index is 13.9. The van der Waals surface area contributed by atoms with Crippen LogP contribution < -0.4 is 16.0 Å². The molecular weight excluding hydrogens is 584 g/mol. The lowest BCUT2D eigenvalue weighted by molar-refractivity contribution is -0.141. The van der Waals surface area contributed by atoms with Crippen molar-refractivity contribution < 1.29 is 39.2 Å². The summed E-state index contributed by atoms with van der Waals surface area (Å²) in [6.07, 6.45) is -2.24. The van der Waals surface area contributed by atoms with Crippen LogP contribution in [0, 0.1) is 5.41 Å². The number of ether oxygens (including phenoxy) is 2. The van der Waals surface area contributed by atoms with Gasteiger partial charge in [-0.25, -0.2) is 4.79 Å². The number of likely N-dealkylation sites (tertiary alicyclic amines) is 1. The Morgan fingerprint density at radius 3 is 2.19 bits per heavy atom. The Labute approximate surface area is 258 Å². The summed E-state index contributed by atoms with van der Waals surface area (Å²) >= 11 is 3.57. The Balaban J connectivity index is 2.31. The molecule has 2 fully saturated rings. The molecule has 2 heterocycles. The van der Waals surface area contributed by atoms with Gasteiger partial charge in [-0.05, 0) is 57.0 Å². The summed E-state index contributed by atoms with van der Waals surface area (Å²) in [5, 5.41) is 41.5. The second kappa shape index (κ2) is 15.6. The van der Waals surface area contributed by atoms with Crippen LogP contribution in [0.4, 0.5) is 4.79 Å². The number of nitrogens with zero attached hydrogens (tertiary/aromatic N) is 1. The molecule has 0 aromatic heterocycles. The van der Waals surface area contributed by atoms with E-state index in [-0.39, 0.29) is 16.5 Å². The average Bonchev–Trinajstić information content (AvgIpc) is 3.26. The zero-order valence-electron chi connectivity index (χ0n) is 26.3. The van der Waals surface area contributed by atoms with Crippen molar-refractivity contribution in [3.63, 3.8) is 0 Å². The number of esters is 1. The zero-order valence-corrected chi connectivity index (χ0v) is 27.9. The Morgan fingerprint density at radius 1 is 1.05 bits per heavy atom. The van der Waals surface area contributed by atoms with Crippen LogP contribution in [0.25, 0.3) is 0 Å². The maximum Gasteiger partial charge on any atom is 0.408 e. The topological polar surface area (TPSA) is 170 Å². The summed E-state index contributed by atoms with van der Waals surface area (Å²) in [5.74, 6) is 0.896. The van der Waals surface area contributed by atoms with Crippen LogP contribution in [0.15, 0.2) is 0 Å². The van der Waals surface area contributed by atoms with Crippen molar-refractivity contribution in [1.29, 1.82) is 0 Å². The Kier molecular flexibility index (Phi) is 13.7. The third kappa shape index (κ3) is 10.7. The van der Waals surface area contributed by atoms with Gasteiger partial charge in [-0.3, -0.25) is 19.8 Å². The van der Waals surface area contributed by atoms with Crippen LogP contribution in [0.3, 0.4) is 0 Å². The van der Waals surface area contributed by atoms with Crippen molar-refractivity contribution in [2.45, 2.75) is 121 Å². The normalized spacial score (nSPS) is 23.0. The van der Waals surface area contributed by atoms with Crippen LogP contribution in [-0.4, -0.2) is 116 Å². The van der Waals surface area contributed by atoms with Gasteiger partial charge in [0.05, 0.1) is 35.9 Å². The van der Waals surface area contributed by atoms with Crippen molar-refractivity contribution in [3.05, 3.63) is 0 Å². The number of hydrogen-bond donors (Lipinski definition) is 6. The standard InChI is InChI=1S/C28H52N4O8S2/c1-9-11-17(20(34)23(36)29-15-19(33)39-8)30-22(35)18-14-28(41-12-10-13-42-28)16-32(18)24(37)21(26(2,3)4)31-25(38)40-27(5,6)7/h17-18,20-21,23-24,29,34,36-37H,9-16H2,1-8H3,(H,30,35)(H,31,38)/t17?,18?,20-,21?,23+,24-/m1/s1. The highest BCUT2D eigenvalue weighted by Crippen LogP contribution is 2.51. The van der Waals surface area contributed by atoms with Gasteiger partial charge in [-0.2, -0.15) is 0 Å². The number of nitrogens with one attached hydrogen (secondary N) is 3. The lowest BCUT2D eigenvalue weighted by Crippen LogP contribution is -2.62. The van der Waals surface area contributed by atoms with E-state index >= 15 is 0 Å². The number of alkyl carbamates (subject to hydrolysis) is 1. The van der Waals surface area contributed by atoms with E-state index in [1.807, 2.05) is 27.7 Å². The van der Waals surface area contributed by atoms with Gasteiger partial charge in [-0.15, -0.1) is 23.5 Å². The van der Waals surface area contributed by atoms with E-state index in [4.69, 9.17) is 4.74 Å². The van der Waals surface area contributed by atoms with Gasteiger partial charge < -0.3 is 35.4 Å². The molecule has 2 rings (SSSR count). The molecule has 6 atom stereocenters. The molecule has 0 aromatic rings. The lowest BCUT2D eigenvalue weighted by atomic mass is 9.85. The highest BCUT2D eigenvalue weighted by atomic mass is 32.2. The van der Waals surface area contributed by atoms with Crippen LogP contribution in [0.1, 0.15) is 74.1 Å². The van der Waals surface area contributed by atoms with Gasteiger partial charge in [0.25, 0.3) is 0 Å². The minimum Gasteiger partial charge on any atom is -0.468 e. The molecule has 0 aromatic carbocycles. The summed E-state index contributed by atoms with van der Waals surface area (Å²) in [6.45, 7) is 13.0. The number of aliphatic hydroxyl groups is 3. The highest BCUT2D eigenvalue weighted by molar-refractivity contribution is 8.18. The quantitative estimate of drug-likeness (QED) is 0.135. The van der Waals surface area contributed by atoms with E-state index in [2.05, 4.69) is 20.7 Å². The number of hydrogen-bond acceptors (Lipinski definition) is 12. The molecule has 42 heavy (non-hydrogen) atoms. The predicted octanol–water partition coefficient (Wildman–Crippen LogP) is 1.61. The van der Waals surface area contributed by atoms with E-state index in [9.17, 15) is 29.7 Å². The van der Waals surface area contributed by atoms with E-state index in [0.717, 1.165) is 17.9 Å². The first-order chi connectivity index (χ1) is 19.4. The van der Waals surface area contributed by atoms with Crippen LogP contribution in [-0.2, 0) is 19.1 Å². The third-order valence-corrected chi connectivity index (χ3v) is 10.6. The molecule has 2 aliphatic heterocycles. The summed E-state index contributed by atoms with van der Waals surface area (Å²) in [7, 11) is 1.22. The first-order valence-electron chi connectivity index (χ1n) is 14.6. The number of carbonyl (C=O) groups excluding carboxylic acids is 3. The number of amides is 2. The molecule has 2 amide bonds. The van der Waals surface area contributed by atoms with E-state index in [1.165, 1.54) is 7.11 Å². The molecule has 244 valence electrons. The third-order valence-electron chi connectivity index (χ3n) is 7.24. The van der Waals surface area contributed by atoms with Crippen LogP contribution >= 0.6 is 23.5 Å². The Hall–Kier alpha value is -1.29. The summed E-state index contributed by atoms with van der Waals surface area (Å²) in [5.41, 5.74) is -1.31. The molecular formula is C28H52N4O8S2. The van der Waals surface area contributed by atoms with E-state index in [1.54, 1.807) is 49.2 Å². The van der Waals surface area contributed by atoms with E-state index in [0.29, 0.717) is 25.8 Å². The number of carbonyl (C=O) groups is 3. The molecule has 2 saturated heterocycles. The second-order valence-electron chi connectivity index (χ2n) is 13.1. The van der Waals surface area contributed by atoms with Gasteiger partial charge in [0.1, 0.15) is 24.2 Å². The van der Waals surface area contributed by atoms with Gasteiger partial charge >= 0.3 is 12.1 Å². The average molecular weight is 637 g/mol. The van der Waals surface area contributed by atoms with Gasteiger partial charge in [0.15, 0.2) is 0 Å². The fraction of sp³-hybridized carbons (Fsp3) is 0.893. The fourth-order valence-electron chi connectivity index (χ4n) is 5.10. The van der Waals surface area contributed by atoms with Crippen molar-refractivity contribution in [1.82, 2.24) is 20.9 Å². The minimum absolute atomic E-state index is 0.306. The van der Waals surface area contributed by atoms with Crippen molar-refractivity contribution in [2.24, 2.45) is 5.41 Å². The molecule has 2 aliphatic rings. The summed E-state index contributed by atoms with van der Waals surface area (Å²) in [4.78, 5) is 39.9. The SMILES string of the molecule is CCCC(NC(=O)C1CC2(CN1[C@H](O)C(NC(=O)OC(C)(C)C)C(C)(C)C)SCCCS2)[C@@H](O)[C@H](O)NCC(=O)OC. The van der Waals surface area contributed by atoms with Gasteiger partial charge in [0.2, 0.25) is 5.91 Å². The van der Waals surface area contributed by atoms with Gasteiger partial charge in [0, 0.05) is 6.54 Å². The molecule has 0 radical (unpaired) electrons. The minimum atomic E-state index is -1.48.